The Morgan fingerprint density at radius 1 is 1.16 bits per heavy atom. The molecule has 0 heterocycles. The van der Waals surface area contributed by atoms with Gasteiger partial charge in [-0.2, -0.15) is 0 Å². The summed E-state index contributed by atoms with van der Waals surface area (Å²) in [5.74, 6) is 0.102. The van der Waals surface area contributed by atoms with Gasteiger partial charge in [0.2, 0.25) is 5.91 Å². The van der Waals surface area contributed by atoms with Crippen molar-refractivity contribution in [1.82, 2.24) is 0 Å². The fourth-order valence-corrected chi connectivity index (χ4v) is 1.98. The fourth-order valence-electron chi connectivity index (χ4n) is 1.98. The standard InChI is InChI=1S/C16H26N2O/c1-3-4-5-6-7-8-16(19)18-15-11-9-14(10-12-15)13(2)17/h9-13H,3-8,17H2,1-2H3,(H,18,19). The van der Waals surface area contributed by atoms with Crippen LogP contribution in [0.25, 0.3) is 0 Å². The second-order valence-corrected chi connectivity index (χ2v) is 5.12. The summed E-state index contributed by atoms with van der Waals surface area (Å²) in [6, 6.07) is 7.77. The van der Waals surface area contributed by atoms with Gasteiger partial charge in [0.25, 0.3) is 0 Å². The first-order chi connectivity index (χ1) is 9.13. The Kier molecular flexibility index (Phi) is 7.19. The van der Waals surface area contributed by atoms with Gasteiger partial charge in [-0.1, -0.05) is 44.7 Å². The van der Waals surface area contributed by atoms with Gasteiger partial charge < -0.3 is 11.1 Å². The summed E-state index contributed by atoms with van der Waals surface area (Å²) in [6.45, 7) is 4.14. The van der Waals surface area contributed by atoms with Gasteiger partial charge in [-0.15, -0.1) is 0 Å². The lowest BCUT2D eigenvalue weighted by molar-refractivity contribution is -0.116. The van der Waals surface area contributed by atoms with Crippen molar-refractivity contribution in [2.45, 2.75) is 58.4 Å². The Labute approximate surface area is 116 Å². The summed E-state index contributed by atoms with van der Waals surface area (Å²) >= 11 is 0. The largest absolute Gasteiger partial charge is 0.326 e. The Balaban J connectivity index is 2.28. The minimum absolute atomic E-state index is 0.0308. The Morgan fingerprint density at radius 3 is 2.37 bits per heavy atom. The van der Waals surface area contributed by atoms with E-state index in [1.807, 2.05) is 31.2 Å². The van der Waals surface area contributed by atoms with Gasteiger partial charge in [0.1, 0.15) is 0 Å². The maximum Gasteiger partial charge on any atom is 0.224 e. The van der Waals surface area contributed by atoms with Crippen LogP contribution >= 0.6 is 0 Å². The van der Waals surface area contributed by atoms with Crippen LogP contribution in [0.15, 0.2) is 24.3 Å². The number of unbranched alkanes of at least 4 members (excludes halogenated alkanes) is 4. The van der Waals surface area contributed by atoms with E-state index in [1.54, 1.807) is 0 Å². The summed E-state index contributed by atoms with van der Waals surface area (Å²) in [7, 11) is 0. The third-order valence-electron chi connectivity index (χ3n) is 3.23. The molecule has 1 atom stereocenters. The number of hydrogen-bond acceptors (Lipinski definition) is 2. The minimum Gasteiger partial charge on any atom is -0.326 e. The predicted octanol–water partition coefficient (Wildman–Crippen LogP) is 4.01. The number of carbonyl (C=O) groups is 1. The molecule has 19 heavy (non-hydrogen) atoms. The van der Waals surface area contributed by atoms with E-state index < -0.39 is 0 Å². The van der Waals surface area contributed by atoms with Crippen molar-refractivity contribution in [2.24, 2.45) is 5.73 Å². The van der Waals surface area contributed by atoms with E-state index in [4.69, 9.17) is 5.73 Å². The number of carbonyl (C=O) groups excluding carboxylic acids is 1. The second kappa shape index (κ2) is 8.70. The maximum absolute atomic E-state index is 11.7. The van der Waals surface area contributed by atoms with E-state index in [0.29, 0.717) is 6.42 Å². The van der Waals surface area contributed by atoms with Crippen LogP contribution in [0, 0.1) is 0 Å². The zero-order valence-corrected chi connectivity index (χ0v) is 12.1. The quantitative estimate of drug-likeness (QED) is 0.696. The van der Waals surface area contributed by atoms with Crippen LogP contribution in [0.5, 0.6) is 0 Å². The Bertz CT molecular complexity index is 371. The van der Waals surface area contributed by atoms with Gasteiger partial charge in [-0.25, -0.2) is 0 Å². The third kappa shape index (κ3) is 6.39. The molecule has 0 saturated carbocycles. The van der Waals surface area contributed by atoms with E-state index >= 15 is 0 Å². The van der Waals surface area contributed by atoms with Crippen LogP contribution in [0.1, 0.15) is 64.0 Å². The number of rotatable bonds is 8. The third-order valence-corrected chi connectivity index (χ3v) is 3.23. The van der Waals surface area contributed by atoms with Crippen molar-refractivity contribution in [3.8, 4) is 0 Å². The van der Waals surface area contributed by atoms with Crippen molar-refractivity contribution in [3.63, 3.8) is 0 Å². The van der Waals surface area contributed by atoms with Gasteiger partial charge in [0.05, 0.1) is 0 Å². The summed E-state index contributed by atoms with van der Waals surface area (Å²) in [6.07, 6.45) is 6.46. The molecule has 1 amide bonds. The second-order valence-electron chi connectivity index (χ2n) is 5.12. The van der Waals surface area contributed by atoms with Crippen molar-refractivity contribution in [3.05, 3.63) is 29.8 Å². The SMILES string of the molecule is CCCCCCCC(=O)Nc1ccc(C(C)N)cc1. The van der Waals surface area contributed by atoms with Gasteiger partial charge in [-0.05, 0) is 31.0 Å². The van der Waals surface area contributed by atoms with Gasteiger partial charge >= 0.3 is 0 Å². The molecule has 0 aliphatic carbocycles. The lowest BCUT2D eigenvalue weighted by Gasteiger charge is -2.08. The molecule has 1 rings (SSSR count). The van der Waals surface area contributed by atoms with E-state index in [2.05, 4.69) is 12.2 Å². The molecule has 0 aromatic heterocycles. The molecule has 1 aromatic rings. The minimum atomic E-state index is 0.0308. The summed E-state index contributed by atoms with van der Waals surface area (Å²) in [5, 5.41) is 2.92. The predicted molar refractivity (Wildman–Crippen MR) is 81.1 cm³/mol. The number of benzene rings is 1. The summed E-state index contributed by atoms with van der Waals surface area (Å²) in [4.78, 5) is 11.7. The van der Waals surface area contributed by atoms with Crippen molar-refractivity contribution < 1.29 is 4.79 Å². The highest BCUT2D eigenvalue weighted by atomic mass is 16.1. The monoisotopic (exact) mass is 262 g/mol. The lowest BCUT2D eigenvalue weighted by Crippen LogP contribution is -2.11. The highest BCUT2D eigenvalue weighted by molar-refractivity contribution is 5.90. The number of anilines is 1. The Morgan fingerprint density at radius 2 is 1.79 bits per heavy atom. The number of nitrogens with two attached hydrogens (primary N) is 1. The van der Waals surface area contributed by atoms with Crippen LogP contribution < -0.4 is 11.1 Å². The van der Waals surface area contributed by atoms with Crippen molar-refractivity contribution in [1.29, 1.82) is 0 Å². The first-order valence-electron chi connectivity index (χ1n) is 7.29. The molecule has 0 spiro atoms. The molecule has 0 fully saturated rings. The normalized spacial score (nSPS) is 12.2. The molecule has 1 aromatic carbocycles. The van der Waals surface area contributed by atoms with E-state index in [-0.39, 0.29) is 11.9 Å². The molecule has 0 radical (unpaired) electrons. The molecule has 0 saturated heterocycles. The van der Waals surface area contributed by atoms with Crippen LogP contribution in [-0.4, -0.2) is 5.91 Å². The Hall–Kier alpha value is -1.35. The molecule has 3 nitrogen and oxygen atoms in total. The smallest absolute Gasteiger partial charge is 0.224 e. The number of hydrogen-bond donors (Lipinski definition) is 2. The van der Waals surface area contributed by atoms with Gasteiger partial charge in [0, 0.05) is 18.2 Å². The van der Waals surface area contributed by atoms with E-state index in [1.165, 1.54) is 19.3 Å². The van der Waals surface area contributed by atoms with Crippen molar-refractivity contribution >= 4 is 11.6 Å². The highest BCUT2D eigenvalue weighted by Crippen LogP contribution is 2.14. The average Bonchev–Trinajstić information content (AvgIpc) is 2.39. The highest BCUT2D eigenvalue weighted by Gasteiger charge is 2.03. The van der Waals surface area contributed by atoms with Crippen LogP contribution in [0.3, 0.4) is 0 Å². The molecule has 1 unspecified atom stereocenters. The van der Waals surface area contributed by atoms with Crippen LogP contribution in [0.4, 0.5) is 5.69 Å². The van der Waals surface area contributed by atoms with Gasteiger partial charge in [0.15, 0.2) is 0 Å². The summed E-state index contributed by atoms with van der Waals surface area (Å²) < 4.78 is 0. The average molecular weight is 262 g/mol. The molecule has 3 heteroatoms. The van der Waals surface area contributed by atoms with E-state index in [0.717, 1.165) is 24.1 Å². The molecule has 0 aliphatic heterocycles. The van der Waals surface area contributed by atoms with Crippen molar-refractivity contribution in [2.75, 3.05) is 5.32 Å². The first-order valence-corrected chi connectivity index (χ1v) is 7.29. The molecule has 3 N–H and O–H groups in total. The van der Waals surface area contributed by atoms with Crippen LogP contribution in [-0.2, 0) is 4.79 Å². The number of nitrogens with one attached hydrogen (secondary N) is 1. The molecule has 106 valence electrons. The molecular weight excluding hydrogens is 236 g/mol. The summed E-state index contributed by atoms with van der Waals surface area (Å²) in [5.41, 5.74) is 7.71. The molecule has 0 bridgehead atoms. The molecule has 0 aliphatic rings. The molecular formula is C16H26N2O. The topological polar surface area (TPSA) is 55.1 Å². The van der Waals surface area contributed by atoms with E-state index in [9.17, 15) is 4.79 Å². The lowest BCUT2D eigenvalue weighted by atomic mass is 10.1. The first kappa shape index (κ1) is 15.7. The maximum atomic E-state index is 11.7. The zero-order valence-electron chi connectivity index (χ0n) is 12.1. The number of amides is 1. The fraction of sp³-hybridized carbons (Fsp3) is 0.562. The zero-order chi connectivity index (χ0) is 14.1. The van der Waals surface area contributed by atoms with Crippen LogP contribution in [0.2, 0.25) is 0 Å². The van der Waals surface area contributed by atoms with Gasteiger partial charge in [-0.3, -0.25) is 4.79 Å².